The summed E-state index contributed by atoms with van der Waals surface area (Å²) in [6, 6.07) is 23.4. The predicted octanol–water partition coefficient (Wildman–Crippen LogP) is 5.70. The Morgan fingerprint density at radius 3 is 2.52 bits per heavy atom. The van der Waals surface area contributed by atoms with Crippen LogP contribution >= 0.6 is 0 Å². The molecule has 1 heterocycles. The van der Waals surface area contributed by atoms with Crippen LogP contribution in [0.4, 0.5) is 5.69 Å². The van der Waals surface area contributed by atoms with E-state index in [1.54, 1.807) is 18.2 Å². The number of fused-ring (bicyclic) bond motifs is 1. The third kappa shape index (κ3) is 4.93. The van der Waals surface area contributed by atoms with Crippen molar-refractivity contribution in [2.24, 2.45) is 5.10 Å². The van der Waals surface area contributed by atoms with Crippen molar-refractivity contribution in [1.82, 2.24) is 10.4 Å². The molecule has 0 aliphatic carbocycles. The molecule has 0 fully saturated rings. The fraction of sp³-hybridized carbons (Fsp3) is 0.115. The standard InChI is InChI=1S/C26H22N4O3/c1-17(2)19-10-12-20(13-11-19)25-15-23(22-8-3-4-9-24(22)28-25)26(31)29-27-16-18-6-5-7-21(14-18)30(32)33/h3-17H,1-2H3,(H,29,31). The van der Waals surface area contributed by atoms with Crippen molar-refractivity contribution >= 4 is 28.7 Å². The number of amides is 1. The molecule has 1 N–H and O–H groups in total. The Bertz CT molecular complexity index is 1360. The van der Waals surface area contributed by atoms with Gasteiger partial charge in [0.15, 0.2) is 0 Å². The minimum absolute atomic E-state index is 0.0430. The zero-order valence-electron chi connectivity index (χ0n) is 18.2. The summed E-state index contributed by atoms with van der Waals surface area (Å²) in [6.07, 6.45) is 1.37. The molecule has 0 unspecified atom stereocenters. The highest BCUT2D eigenvalue weighted by molar-refractivity contribution is 6.07. The topological polar surface area (TPSA) is 97.5 Å². The number of nitrogens with zero attached hydrogens (tertiary/aromatic N) is 3. The lowest BCUT2D eigenvalue weighted by atomic mass is 9.99. The smallest absolute Gasteiger partial charge is 0.267 e. The summed E-state index contributed by atoms with van der Waals surface area (Å²) in [5.41, 5.74) is 6.98. The van der Waals surface area contributed by atoms with E-state index in [1.165, 1.54) is 23.9 Å². The monoisotopic (exact) mass is 438 g/mol. The van der Waals surface area contributed by atoms with E-state index < -0.39 is 10.8 Å². The lowest BCUT2D eigenvalue weighted by Gasteiger charge is -2.10. The first-order valence-corrected chi connectivity index (χ1v) is 10.5. The van der Waals surface area contributed by atoms with Gasteiger partial charge >= 0.3 is 0 Å². The lowest BCUT2D eigenvalue weighted by molar-refractivity contribution is -0.384. The molecule has 1 aromatic heterocycles. The van der Waals surface area contributed by atoms with E-state index in [0.717, 1.165) is 5.56 Å². The molecule has 4 aromatic rings. The van der Waals surface area contributed by atoms with Crippen LogP contribution in [0.2, 0.25) is 0 Å². The highest BCUT2D eigenvalue weighted by Gasteiger charge is 2.14. The van der Waals surface area contributed by atoms with E-state index in [9.17, 15) is 14.9 Å². The summed E-state index contributed by atoms with van der Waals surface area (Å²) >= 11 is 0. The van der Waals surface area contributed by atoms with Crippen molar-refractivity contribution < 1.29 is 9.72 Å². The van der Waals surface area contributed by atoms with Gasteiger partial charge in [0.1, 0.15) is 0 Å². The van der Waals surface area contributed by atoms with Crippen LogP contribution in [-0.4, -0.2) is 22.0 Å². The third-order valence-corrected chi connectivity index (χ3v) is 5.29. The van der Waals surface area contributed by atoms with Crippen LogP contribution in [-0.2, 0) is 0 Å². The molecule has 0 radical (unpaired) electrons. The lowest BCUT2D eigenvalue weighted by Crippen LogP contribution is -2.18. The van der Waals surface area contributed by atoms with Gasteiger partial charge in [-0.15, -0.1) is 0 Å². The number of carbonyl (C=O) groups excluding carboxylic acids is 1. The molecular formula is C26H22N4O3. The number of nitrogens with one attached hydrogen (secondary N) is 1. The molecule has 7 nitrogen and oxygen atoms in total. The van der Waals surface area contributed by atoms with Gasteiger partial charge in [-0.1, -0.05) is 68.4 Å². The Labute approximate surface area is 191 Å². The Kier molecular flexibility index (Phi) is 6.22. The second kappa shape index (κ2) is 9.40. The minimum atomic E-state index is -0.478. The Balaban J connectivity index is 1.64. The molecule has 0 aliphatic heterocycles. The van der Waals surface area contributed by atoms with Crippen LogP contribution in [0.5, 0.6) is 0 Å². The van der Waals surface area contributed by atoms with Gasteiger partial charge in [0.25, 0.3) is 11.6 Å². The number of benzene rings is 3. The average molecular weight is 438 g/mol. The molecule has 3 aromatic carbocycles. The fourth-order valence-electron chi connectivity index (χ4n) is 3.49. The Morgan fingerprint density at radius 1 is 1.03 bits per heavy atom. The molecule has 1 amide bonds. The summed E-state index contributed by atoms with van der Waals surface area (Å²) < 4.78 is 0. The van der Waals surface area contributed by atoms with E-state index in [4.69, 9.17) is 4.98 Å². The normalized spacial score (nSPS) is 11.2. The van der Waals surface area contributed by atoms with Crippen LogP contribution in [0.15, 0.2) is 84.0 Å². The third-order valence-electron chi connectivity index (χ3n) is 5.29. The first-order chi connectivity index (χ1) is 15.9. The van der Waals surface area contributed by atoms with Gasteiger partial charge in [-0.25, -0.2) is 10.4 Å². The number of nitro benzene ring substituents is 1. The zero-order valence-corrected chi connectivity index (χ0v) is 18.2. The maximum absolute atomic E-state index is 13.0. The number of pyridine rings is 1. The molecule has 4 rings (SSSR count). The number of aromatic nitrogens is 1. The van der Waals surface area contributed by atoms with Crippen LogP contribution in [0.25, 0.3) is 22.2 Å². The van der Waals surface area contributed by atoms with Gasteiger partial charge in [0, 0.05) is 28.6 Å². The van der Waals surface area contributed by atoms with Crippen molar-refractivity contribution in [2.75, 3.05) is 0 Å². The Morgan fingerprint density at radius 2 is 1.79 bits per heavy atom. The SMILES string of the molecule is CC(C)c1ccc(-c2cc(C(=O)NN=Cc3cccc([N+](=O)[O-])c3)c3ccccc3n2)cc1. The van der Waals surface area contributed by atoms with Gasteiger partial charge in [0.2, 0.25) is 0 Å². The van der Waals surface area contributed by atoms with Crippen LogP contribution in [0.1, 0.15) is 41.3 Å². The van der Waals surface area contributed by atoms with Crippen LogP contribution < -0.4 is 5.43 Å². The van der Waals surface area contributed by atoms with Gasteiger partial charge in [-0.3, -0.25) is 14.9 Å². The highest BCUT2D eigenvalue weighted by atomic mass is 16.6. The highest BCUT2D eigenvalue weighted by Crippen LogP contribution is 2.26. The second-order valence-electron chi connectivity index (χ2n) is 7.90. The number of rotatable bonds is 6. The van der Waals surface area contributed by atoms with Crippen molar-refractivity contribution in [2.45, 2.75) is 19.8 Å². The first kappa shape index (κ1) is 21.8. The molecule has 0 bridgehead atoms. The maximum Gasteiger partial charge on any atom is 0.272 e. The van der Waals surface area contributed by atoms with E-state index in [-0.39, 0.29) is 5.69 Å². The van der Waals surface area contributed by atoms with Crippen molar-refractivity contribution in [3.63, 3.8) is 0 Å². The molecule has 33 heavy (non-hydrogen) atoms. The largest absolute Gasteiger partial charge is 0.272 e. The zero-order chi connectivity index (χ0) is 23.4. The van der Waals surface area contributed by atoms with Crippen molar-refractivity contribution in [3.8, 4) is 11.3 Å². The van der Waals surface area contributed by atoms with Crippen LogP contribution in [0, 0.1) is 10.1 Å². The van der Waals surface area contributed by atoms with E-state index in [1.807, 2.05) is 36.4 Å². The quantitative estimate of drug-likeness (QED) is 0.237. The summed E-state index contributed by atoms with van der Waals surface area (Å²) in [5, 5.41) is 15.6. The van der Waals surface area contributed by atoms with E-state index in [0.29, 0.717) is 33.6 Å². The van der Waals surface area contributed by atoms with Crippen molar-refractivity contribution in [3.05, 3.63) is 106 Å². The second-order valence-corrected chi connectivity index (χ2v) is 7.90. The molecule has 7 heteroatoms. The molecule has 0 saturated heterocycles. The molecule has 164 valence electrons. The van der Waals surface area contributed by atoms with Gasteiger partial charge in [-0.05, 0) is 23.6 Å². The molecule has 0 atom stereocenters. The van der Waals surface area contributed by atoms with Gasteiger partial charge in [0.05, 0.1) is 27.9 Å². The van der Waals surface area contributed by atoms with Gasteiger partial charge in [-0.2, -0.15) is 5.10 Å². The number of carbonyl (C=O) groups is 1. The van der Waals surface area contributed by atoms with E-state index in [2.05, 4.69) is 36.5 Å². The molecule has 0 aliphatic rings. The average Bonchev–Trinajstić information content (AvgIpc) is 2.83. The molecule has 0 spiro atoms. The fourth-order valence-corrected chi connectivity index (χ4v) is 3.49. The number of non-ortho nitro benzene ring substituents is 1. The van der Waals surface area contributed by atoms with Crippen LogP contribution in [0.3, 0.4) is 0 Å². The first-order valence-electron chi connectivity index (χ1n) is 10.5. The van der Waals surface area contributed by atoms with E-state index >= 15 is 0 Å². The summed E-state index contributed by atoms with van der Waals surface area (Å²) in [4.78, 5) is 28.2. The summed E-state index contributed by atoms with van der Waals surface area (Å²) in [6.45, 7) is 4.28. The van der Waals surface area contributed by atoms with Gasteiger partial charge < -0.3 is 0 Å². The maximum atomic E-state index is 13.0. The summed E-state index contributed by atoms with van der Waals surface area (Å²) in [7, 11) is 0. The number of para-hydroxylation sites is 1. The number of hydrazone groups is 1. The number of hydrogen-bond donors (Lipinski definition) is 1. The predicted molar refractivity (Wildman–Crippen MR) is 129 cm³/mol. The Hall–Kier alpha value is -4.39. The summed E-state index contributed by atoms with van der Waals surface area (Å²) in [5.74, 6) is 0.0317. The minimum Gasteiger partial charge on any atom is -0.267 e. The molecule has 0 saturated carbocycles. The number of nitro groups is 1. The molecular weight excluding hydrogens is 416 g/mol. The number of hydrogen-bond acceptors (Lipinski definition) is 5. The van der Waals surface area contributed by atoms with Crippen molar-refractivity contribution in [1.29, 1.82) is 0 Å².